The van der Waals surface area contributed by atoms with Gasteiger partial charge in [0.1, 0.15) is 0 Å². The van der Waals surface area contributed by atoms with Gasteiger partial charge in [-0.05, 0) is 30.4 Å². The molecule has 20 heavy (non-hydrogen) atoms. The molecule has 0 radical (unpaired) electrons. The van der Waals surface area contributed by atoms with Gasteiger partial charge < -0.3 is 15.0 Å². The highest BCUT2D eigenvalue weighted by Crippen LogP contribution is 2.26. The van der Waals surface area contributed by atoms with Crippen LogP contribution in [0.2, 0.25) is 0 Å². The lowest BCUT2D eigenvalue weighted by atomic mass is 10.0. The minimum absolute atomic E-state index is 0.411. The third kappa shape index (κ3) is 2.99. The number of ether oxygens (including phenoxy) is 1. The lowest BCUT2D eigenvalue weighted by molar-refractivity contribution is 0.115. The van der Waals surface area contributed by atoms with Gasteiger partial charge in [0.2, 0.25) is 0 Å². The van der Waals surface area contributed by atoms with E-state index in [0.29, 0.717) is 18.1 Å². The van der Waals surface area contributed by atoms with Crippen LogP contribution in [0.3, 0.4) is 0 Å². The Bertz CT molecular complexity index is 440. The molecule has 2 atom stereocenters. The van der Waals surface area contributed by atoms with Gasteiger partial charge in [0.05, 0.1) is 6.10 Å². The summed E-state index contributed by atoms with van der Waals surface area (Å²) >= 11 is 0. The van der Waals surface area contributed by atoms with Crippen molar-refractivity contribution in [3.8, 4) is 0 Å². The second kappa shape index (κ2) is 6.15. The zero-order valence-electron chi connectivity index (χ0n) is 12.6. The molecule has 0 aromatic heterocycles. The molecule has 2 aliphatic heterocycles. The first-order valence-corrected chi connectivity index (χ1v) is 7.92. The molecular formula is C17H26N2O. The van der Waals surface area contributed by atoms with Gasteiger partial charge in [-0.15, -0.1) is 0 Å². The monoisotopic (exact) mass is 274 g/mol. The van der Waals surface area contributed by atoms with Crippen LogP contribution < -0.4 is 10.2 Å². The third-order valence-corrected chi connectivity index (χ3v) is 4.56. The summed E-state index contributed by atoms with van der Waals surface area (Å²) in [5.74, 6) is 0.649. The van der Waals surface area contributed by atoms with E-state index in [-0.39, 0.29) is 0 Å². The summed E-state index contributed by atoms with van der Waals surface area (Å²) < 4.78 is 5.85. The quantitative estimate of drug-likeness (QED) is 0.917. The fourth-order valence-corrected chi connectivity index (χ4v) is 3.26. The summed E-state index contributed by atoms with van der Waals surface area (Å²) in [4.78, 5) is 2.54. The van der Waals surface area contributed by atoms with Crippen molar-refractivity contribution in [2.45, 2.75) is 45.4 Å². The van der Waals surface area contributed by atoms with Crippen molar-refractivity contribution < 1.29 is 4.74 Å². The smallest absolute Gasteiger partial charge is 0.0750 e. The van der Waals surface area contributed by atoms with Crippen LogP contribution >= 0.6 is 0 Å². The fraction of sp³-hybridized carbons (Fsp3) is 0.647. The van der Waals surface area contributed by atoms with E-state index in [9.17, 15) is 0 Å². The molecule has 1 aromatic rings. The van der Waals surface area contributed by atoms with Crippen LogP contribution in [0, 0.1) is 5.92 Å². The van der Waals surface area contributed by atoms with Crippen molar-refractivity contribution in [3.05, 3.63) is 29.8 Å². The summed E-state index contributed by atoms with van der Waals surface area (Å²) in [6.45, 7) is 8.62. The minimum Gasteiger partial charge on any atom is -0.376 e. The normalized spacial score (nSPS) is 26.6. The van der Waals surface area contributed by atoms with Gasteiger partial charge in [-0.25, -0.2) is 0 Å². The van der Waals surface area contributed by atoms with Crippen molar-refractivity contribution >= 4 is 5.69 Å². The van der Waals surface area contributed by atoms with Crippen LogP contribution in [-0.2, 0) is 11.3 Å². The molecule has 2 heterocycles. The zero-order chi connectivity index (χ0) is 13.9. The highest BCUT2D eigenvalue weighted by Gasteiger charge is 2.26. The standard InChI is InChI=1S/C17H26N2O/c1-13(2)16-12-19(11-15-7-5-9-20-15)17-8-4-3-6-14(17)10-18-16/h3-4,6,8,13,15-16,18H,5,7,9-12H2,1-2H3. The molecule has 3 rings (SSSR count). The van der Waals surface area contributed by atoms with E-state index in [1.54, 1.807) is 0 Å². The van der Waals surface area contributed by atoms with Gasteiger partial charge in [0.25, 0.3) is 0 Å². The largest absolute Gasteiger partial charge is 0.376 e. The molecule has 0 saturated carbocycles. The number of hydrogen-bond donors (Lipinski definition) is 1. The number of para-hydroxylation sites is 1. The number of hydrogen-bond acceptors (Lipinski definition) is 3. The van der Waals surface area contributed by atoms with Crippen molar-refractivity contribution in [2.75, 3.05) is 24.6 Å². The molecule has 1 aromatic carbocycles. The van der Waals surface area contributed by atoms with Gasteiger partial charge in [-0.2, -0.15) is 0 Å². The summed E-state index contributed by atoms with van der Waals surface area (Å²) in [6.07, 6.45) is 2.83. The van der Waals surface area contributed by atoms with Crippen molar-refractivity contribution in [2.24, 2.45) is 5.92 Å². The first-order valence-electron chi connectivity index (χ1n) is 7.92. The first kappa shape index (κ1) is 13.9. The van der Waals surface area contributed by atoms with E-state index in [0.717, 1.165) is 26.2 Å². The van der Waals surface area contributed by atoms with Gasteiger partial charge in [0, 0.05) is 38.0 Å². The Kier molecular flexibility index (Phi) is 4.27. The molecule has 1 N–H and O–H groups in total. The molecule has 2 unspecified atom stereocenters. The molecule has 1 saturated heterocycles. The van der Waals surface area contributed by atoms with E-state index >= 15 is 0 Å². The summed E-state index contributed by atoms with van der Waals surface area (Å²) in [5.41, 5.74) is 2.80. The predicted octanol–water partition coefficient (Wildman–Crippen LogP) is 2.80. The Balaban J connectivity index is 1.82. The SMILES string of the molecule is CC(C)C1CN(CC2CCCO2)c2ccccc2CN1. The van der Waals surface area contributed by atoms with E-state index in [1.807, 2.05) is 0 Å². The van der Waals surface area contributed by atoms with E-state index in [1.165, 1.54) is 24.1 Å². The number of nitrogens with one attached hydrogen (secondary N) is 1. The van der Waals surface area contributed by atoms with Crippen LogP contribution in [-0.4, -0.2) is 31.8 Å². The highest BCUT2D eigenvalue weighted by atomic mass is 16.5. The van der Waals surface area contributed by atoms with Gasteiger partial charge in [-0.1, -0.05) is 32.0 Å². The molecule has 1 fully saturated rings. The number of rotatable bonds is 3. The van der Waals surface area contributed by atoms with Crippen LogP contribution in [0.15, 0.2) is 24.3 Å². The summed E-state index contributed by atoms with van der Waals surface area (Å²) in [7, 11) is 0. The molecule has 2 aliphatic rings. The molecule has 0 spiro atoms. The fourth-order valence-electron chi connectivity index (χ4n) is 3.26. The molecule has 3 nitrogen and oxygen atoms in total. The molecule has 110 valence electrons. The lowest BCUT2D eigenvalue weighted by Crippen LogP contribution is -2.44. The van der Waals surface area contributed by atoms with Gasteiger partial charge in [0.15, 0.2) is 0 Å². The van der Waals surface area contributed by atoms with E-state index < -0.39 is 0 Å². The molecule has 0 amide bonds. The van der Waals surface area contributed by atoms with Crippen molar-refractivity contribution in [3.63, 3.8) is 0 Å². The maximum atomic E-state index is 5.85. The molecular weight excluding hydrogens is 248 g/mol. The van der Waals surface area contributed by atoms with Crippen LogP contribution in [0.25, 0.3) is 0 Å². The number of nitrogens with zero attached hydrogens (tertiary/aromatic N) is 1. The minimum atomic E-state index is 0.411. The number of benzene rings is 1. The Hall–Kier alpha value is -1.06. The van der Waals surface area contributed by atoms with Crippen molar-refractivity contribution in [1.29, 1.82) is 0 Å². The topological polar surface area (TPSA) is 24.5 Å². The molecule has 0 aliphatic carbocycles. The first-order chi connectivity index (χ1) is 9.74. The van der Waals surface area contributed by atoms with Crippen LogP contribution in [0.4, 0.5) is 5.69 Å². The summed E-state index contributed by atoms with van der Waals surface area (Å²) in [5, 5.41) is 3.71. The van der Waals surface area contributed by atoms with Gasteiger partial charge in [-0.3, -0.25) is 0 Å². The van der Waals surface area contributed by atoms with Crippen molar-refractivity contribution in [1.82, 2.24) is 5.32 Å². The van der Waals surface area contributed by atoms with Crippen LogP contribution in [0.5, 0.6) is 0 Å². The molecule has 0 bridgehead atoms. The van der Waals surface area contributed by atoms with E-state index in [2.05, 4.69) is 48.3 Å². The average Bonchev–Trinajstić information content (AvgIpc) is 2.88. The summed E-state index contributed by atoms with van der Waals surface area (Å²) in [6, 6.07) is 9.34. The number of fused-ring (bicyclic) bond motifs is 1. The average molecular weight is 274 g/mol. The predicted molar refractivity (Wildman–Crippen MR) is 83.1 cm³/mol. The second-order valence-corrected chi connectivity index (χ2v) is 6.40. The Morgan fingerprint density at radius 3 is 2.95 bits per heavy atom. The maximum Gasteiger partial charge on any atom is 0.0750 e. The Morgan fingerprint density at radius 1 is 1.35 bits per heavy atom. The second-order valence-electron chi connectivity index (χ2n) is 6.40. The van der Waals surface area contributed by atoms with Crippen LogP contribution in [0.1, 0.15) is 32.3 Å². The zero-order valence-corrected chi connectivity index (χ0v) is 12.6. The number of anilines is 1. The Labute approximate surface area is 122 Å². The Morgan fingerprint density at radius 2 is 2.20 bits per heavy atom. The lowest BCUT2D eigenvalue weighted by Gasteiger charge is -2.31. The highest BCUT2D eigenvalue weighted by molar-refractivity contribution is 5.54. The third-order valence-electron chi connectivity index (χ3n) is 4.56. The molecule has 3 heteroatoms. The maximum absolute atomic E-state index is 5.85. The van der Waals surface area contributed by atoms with E-state index in [4.69, 9.17) is 4.74 Å². The van der Waals surface area contributed by atoms with Gasteiger partial charge >= 0.3 is 0 Å².